The van der Waals surface area contributed by atoms with Crippen LogP contribution in [0.4, 0.5) is 4.79 Å². The van der Waals surface area contributed by atoms with Crippen LogP contribution in [0.2, 0.25) is 0 Å². The van der Waals surface area contributed by atoms with Crippen molar-refractivity contribution in [2.45, 2.75) is 31.8 Å². The lowest BCUT2D eigenvalue weighted by molar-refractivity contribution is -0.128. The van der Waals surface area contributed by atoms with Crippen LogP contribution in [0.1, 0.15) is 18.7 Å². The van der Waals surface area contributed by atoms with Gasteiger partial charge in [0.05, 0.1) is 0 Å². The number of hydrogen-bond donors (Lipinski definition) is 1. The summed E-state index contributed by atoms with van der Waals surface area (Å²) in [5, 5.41) is 2.84. The molecule has 3 heterocycles. The Bertz CT molecular complexity index is 570. The third kappa shape index (κ3) is 2.93. The first-order valence-corrected chi connectivity index (χ1v) is 7.81. The van der Waals surface area contributed by atoms with Crippen LogP contribution >= 0.6 is 0 Å². The molecular formula is C15H23N5O2. The van der Waals surface area contributed by atoms with Crippen molar-refractivity contribution >= 4 is 11.9 Å². The first-order valence-electron chi connectivity index (χ1n) is 7.81. The molecule has 1 N–H and O–H groups in total. The molecule has 2 aliphatic rings. The summed E-state index contributed by atoms with van der Waals surface area (Å²) in [7, 11) is 3.56. The Morgan fingerprint density at radius 1 is 1.50 bits per heavy atom. The summed E-state index contributed by atoms with van der Waals surface area (Å²) in [6.45, 7) is 2.30. The predicted octanol–water partition coefficient (Wildman–Crippen LogP) is 0.318. The van der Waals surface area contributed by atoms with Crippen LogP contribution in [0.5, 0.6) is 0 Å². The minimum atomic E-state index is -0.369. The number of amides is 3. The summed E-state index contributed by atoms with van der Waals surface area (Å²) in [5.41, 5.74) is 0. The van der Waals surface area contributed by atoms with Gasteiger partial charge in [-0.15, -0.1) is 0 Å². The van der Waals surface area contributed by atoms with Crippen LogP contribution in [0.3, 0.4) is 0 Å². The predicted molar refractivity (Wildman–Crippen MR) is 81.2 cm³/mol. The summed E-state index contributed by atoms with van der Waals surface area (Å²) in [6, 6.07) is -0.531. The summed E-state index contributed by atoms with van der Waals surface area (Å²) in [4.78, 5) is 31.8. The van der Waals surface area contributed by atoms with Gasteiger partial charge in [0, 0.05) is 52.5 Å². The van der Waals surface area contributed by atoms with E-state index in [-0.39, 0.29) is 18.0 Å². The van der Waals surface area contributed by atoms with Crippen molar-refractivity contribution in [2.24, 2.45) is 5.92 Å². The van der Waals surface area contributed by atoms with Crippen molar-refractivity contribution in [2.75, 3.05) is 27.2 Å². The Kier molecular flexibility index (Phi) is 4.04. The average molecular weight is 305 g/mol. The van der Waals surface area contributed by atoms with Crippen molar-refractivity contribution in [3.8, 4) is 0 Å². The molecule has 2 unspecified atom stereocenters. The monoisotopic (exact) mass is 305 g/mol. The topological polar surface area (TPSA) is 70.5 Å². The number of carbonyl (C=O) groups is 2. The van der Waals surface area contributed by atoms with Crippen LogP contribution in [-0.4, -0.2) is 64.5 Å². The SMILES string of the molecule is CN(CC1CCc2nccn2C1)C(=O)NC1CCN(C)C1=O. The molecule has 1 aromatic rings. The van der Waals surface area contributed by atoms with E-state index in [0.29, 0.717) is 25.4 Å². The molecular weight excluding hydrogens is 282 g/mol. The number of nitrogens with one attached hydrogen (secondary N) is 1. The van der Waals surface area contributed by atoms with Crippen molar-refractivity contribution in [3.05, 3.63) is 18.2 Å². The van der Waals surface area contributed by atoms with Crippen LogP contribution < -0.4 is 5.32 Å². The molecule has 2 atom stereocenters. The molecule has 7 nitrogen and oxygen atoms in total. The van der Waals surface area contributed by atoms with Crippen LogP contribution in [0, 0.1) is 5.92 Å². The second-order valence-electron chi connectivity index (χ2n) is 6.33. The number of rotatable bonds is 3. The van der Waals surface area contributed by atoms with Crippen molar-refractivity contribution in [1.82, 2.24) is 24.7 Å². The number of aryl methyl sites for hydroxylation is 1. The summed E-state index contributed by atoms with van der Waals surface area (Å²) in [5.74, 6) is 1.56. The molecule has 0 saturated carbocycles. The van der Waals surface area contributed by atoms with Crippen molar-refractivity contribution in [3.63, 3.8) is 0 Å². The fourth-order valence-corrected chi connectivity index (χ4v) is 3.27. The van der Waals surface area contributed by atoms with Gasteiger partial charge in [-0.05, 0) is 18.8 Å². The third-order valence-electron chi connectivity index (χ3n) is 4.64. The number of carbonyl (C=O) groups excluding carboxylic acids is 2. The largest absolute Gasteiger partial charge is 0.344 e. The number of urea groups is 1. The Balaban J connectivity index is 1.51. The molecule has 120 valence electrons. The fourth-order valence-electron chi connectivity index (χ4n) is 3.27. The van der Waals surface area contributed by atoms with Gasteiger partial charge in [-0.25, -0.2) is 9.78 Å². The summed E-state index contributed by atoms with van der Waals surface area (Å²) in [6.07, 6.45) is 6.51. The van der Waals surface area contributed by atoms with E-state index >= 15 is 0 Å². The lowest BCUT2D eigenvalue weighted by Gasteiger charge is -2.28. The second-order valence-corrected chi connectivity index (χ2v) is 6.33. The Morgan fingerprint density at radius 3 is 3.05 bits per heavy atom. The minimum absolute atomic E-state index is 0.00229. The molecule has 22 heavy (non-hydrogen) atoms. The lowest BCUT2D eigenvalue weighted by Crippen LogP contribution is -2.47. The zero-order valence-corrected chi connectivity index (χ0v) is 13.2. The van der Waals surface area contributed by atoms with Gasteiger partial charge in [0.25, 0.3) is 0 Å². The van der Waals surface area contributed by atoms with E-state index in [1.54, 1.807) is 23.9 Å². The molecule has 3 rings (SSSR count). The number of hydrogen-bond acceptors (Lipinski definition) is 3. The molecule has 0 spiro atoms. The van der Waals surface area contributed by atoms with Crippen LogP contribution in [0.25, 0.3) is 0 Å². The number of likely N-dealkylation sites (tertiary alicyclic amines) is 1. The van der Waals surface area contributed by atoms with Gasteiger partial charge in [0.2, 0.25) is 5.91 Å². The van der Waals surface area contributed by atoms with E-state index in [4.69, 9.17) is 0 Å². The number of fused-ring (bicyclic) bond motifs is 1. The Labute approximate surface area is 130 Å². The van der Waals surface area contributed by atoms with E-state index in [9.17, 15) is 9.59 Å². The fraction of sp³-hybridized carbons (Fsp3) is 0.667. The molecule has 0 bridgehead atoms. The highest BCUT2D eigenvalue weighted by Crippen LogP contribution is 2.19. The van der Waals surface area contributed by atoms with E-state index in [1.807, 2.05) is 12.4 Å². The highest BCUT2D eigenvalue weighted by molar-refractivity contribution is 5.88. The van der Waals surface area contributed by atoms with Gasteiger partial charge in [-0.1, -0.05) is 0 Å². The lowest BCUT2D eigenvalue weighted by atomic mass is 9.99. The Hall–Kier alpha value is -2.05. The van der Waals surface area contributed by atoms with Gasteiger partial charge < -0.3 is 19.7 Å². The van der Waals surface area contributed by atoms with Crippen LogP contribution in [0.15, 0.2) is 12.4 Å². The number of likely N-dealkylation sites (N-methyl/N-ethyl adjacent to an activating group) is 1. The van der Waals surface area contributed by atoms with Crippen LogP contribution in [-0.2, 0) is 17.8 Å². The normalized spacial score (nSPS) is 24.3. The quantitative estimate of drug-likeness (QED) is 0.874. The van der Waals surface area contributed by atoms with Gasteiger partial charge in [0.1, 0.15) is 11.9 Å². The van der Waals surface area contributed by atoms with E-state index in [0.717, 1.165) is 25.2 Å². The standard InChI is InChI=1S/C15H23N5O2/c1-18-7-5-12(14(18)21)17-15(22)19(2)9-11-3-4-13-16-6-8-20(13)10-11/h6,8,11-12H,3-5,7,9-10H2,1-2H3,(H,17,22). The van der Waals surface area contributed by atoms with Crippen molar-refractivity contribution < 1.29 is 9.59 Å². The molecule has 1 saturated heterocycles. The van der Waals surface area contributed by atoms with Gasteiger partial charge in [0.15, 0.2) is 0 Å². The highest BCUT2D eigenvalue weighted by Gasteiger charge is 2.31. The van der Waals surface area contributed by atoms with Crippen molar-refractivity contribution in [1.29, 1.82) is 0 Å². The zero-order valence-electron chi connectivity index (χ0n) is 13.2. The van der Waals surface area contributed by atoms with E-state index in [1.165, 1.54) is 0 Å². The third-order valence-corrected chi connectivity index (χ3v) is 4.64. The first-order chi connectivity index (χ1) is 10.5. The molecule has 0 radical (unpaired) electrons. The molecule has 0 aromatic carbocycles. The number of imidazole rings is 1. The smallest absolute Gasteiger partial charge is 0.317 e. The molecule has 3 amide bonds. The maximum Gasteiger partial charge on any atom is 0.317 e. The molecule has 0 aliphatic carbocycles. The molecule has 7 heteroatoms. The number of nitrogens with zero attached hydrogens (tertiary/aromatic N) is 4. The Morgan fingerprint density at radius 2 is 2.32 bits per heavy atom. The van der Waals surface area contributed by atoms with E-state index in [2.05, 4.69) is 14.9 Å². The molecule has 2 aliphatic heterocycles. The maximum atomic E-state index is 12.2. The van der Waals surface area contributed by atoms with Gasteiger partial charge in [-0.2, -0.15) is 0 Å². The molecule has 1 fully saturated rings. The summed E-state index contributed by atoms with van der Waals surface area (Å²) >= 11 is 0. The summed E-state index contributed by atoms with van der Waals surface area (Å²) < 4.78 is 2.16. The van der Waals surface area contributed by atoms with E-state index < -0.39 is 0 Å². The maximum absolute atomic E-state index is 12.2. The number of aromatic nitrogens is 2. The second kappa shape index (κ2) is 5.98. The van der Waals surface area contributed by atoms with Gasteiger partial charge in [-0.3, -0.25) is 4.79 Å². The zero-order chi connectivity index (χ0) is 15.7. The highest BCUT2D eigenvalue weighted by atomic mass is 16.2. The average Bonchev–Trinajstić information content (AvgIpc) is 3.08. The first kappa shape index (κ1) is 14.9. The minimum Gasteiger partial charge on any atom is -0.344 e. The molecule has 1 aromatic heterocycles. The van der Waals surface area contributed by atoms with Gasteiger partial charge >= 0.3 is 6.03 Å².